The molecule has 1 heterocycles. The van der Waals surface area contributed by atoms with Gasteiger partial charge in [0.2, 0.25) is 0 Å². The lowest BCUT2D eigenvalue weighted by Crippen LogP contribution is -2.01. The molecular formula is C10H8BrClFN3. The van der Waals surface area contributed by atoms with Gasteiger partial charge in [-0.2, -0.15) is 0 Å². The first-order valence-corrected chi connectivity index (χ1v) is 6.08. The lowest BCUT2D eigenvalue weighted by molar-refractivity contribution is 0.621. The molecule has 0 bridgehead atoms. The van der Waals surface area contributed by atoms with Crippen LogP contribution >= 0.6 is 27.5 Å². The fourth-order valence-corrected chi connectivity index (χ4v) is 1.79. The molecule has 0 fully saturated rings. The molecule has 0 radical (unpaired) electrons. The SMILES string of the molecule is Fc1ccc(Cn2cc(CBr)nn2)c(Cl)c1. The van der Waals surface area contributed by atoms with Crippen LogP contribution in [0.25, 0.3) is 0 Å². The Hall–Kier alpha value is -0.940. The molecule has 3 nitrogen and oxygen atoms in total. The molecule has 2 aromatic rings. The third-order valence-corrected chi connectivity index (χ3v) is 3.00. The Morgan fingerprint density at radius 2 is 2.25 bits per heavy atom. The summed E-state index contributed by atoms with van der Waals surface area (Å²) in [6.07, 6.45) is 1.81. The van der Waals surface area contributed by atoms with Crippen LogP contribution in [0.4, 0.5) is 4.39 Å². The molecule has 0 atom stereocenters. The first-order chi connectivity index (χ1) is 7.69. The Bertz CT molecular complexity index is 501. The summed E-state index contributed by atoms with van der Waals surface area (Å²) in [5.41, 5.74) is 1.66. The van der Waals surface area contributed by atoms with Gasteiger partial charge in [0, 0.05) is 16.5 Å². The minimum atomic E-state index is -0.339. The van der Waals surface area contributed by atoms with Gasteiger partial charge in [-0.3, -0.25) is 0 Å². The fraction of sp³-hybridized carbons (Fsp3) is 0.200. The first kappa shape index (κ1) is 11.5. The van der Waals surface area contributed by atoms with Crippen molar-refractivity contribution in [1.82, 2.24) is 15.0 Å². The summed E-state index contributed by atoms with van der Waals surface area (Å²) in [6.45, 7) is 0.485. The van der Waals surface area contributed by atoms with E-state index in [0.717, 1.165) is 11.3 Å². The maximum Gasteiger partial charge on any atom is 0.124 e. The topological polar surface area (TPSA) is 30.7 Å². The van der Waals surface area contributed by atoms with E-state index in [9.17, 15) is 4.39 Å². The van der Waals surface area contributed by atoms with Crippen LogP contribution in [0.15, 0.2) is 24.4 Å². The van der Waals surface area contributed by atoms with Gasteiger partial charge in [0.25, 0.3) is 0 Å². The quantitative estimate of drug-likeness (QED) is 0.816. The van der Waals surface area contributed by atoms with Crippen LogP contribution in [-0.2, 0) is 11.9 Å². The van der Waals surface area contributed by atoms with Crippen LogP contribution in [0.3, 0.4) is 0 Å². The molecule has 1 aromatic heterocycles. The summed E-state index contributed by atoms with van der Waals surface area (Å²) in [5.74, 6) is -0.339. The predicted molar refractivity (Wildman–Crippen MR) is 63.2 cm³/mol. The first-order valence-electron chi connectivity index (χ1n) is 4.58. The van der Waals surface area contributed by atoms with Gasteiger partial charge in [0.1, 0.15) is 5.82 Å². The zero-order valence-corrected chi connectivity index (χ0v) is 10.5. The Labute approximate surface area is 105 Å². The molecule has 0 aliphatic carbocycles. The average Bonchev–Trinajstić information content (AvgIpc) is 2.70. The highest BCUT2D eigenvalue weighted by molar-refractivity contribution is 9.08. The van der Waals surface area contributed by atoms with E-state index in [1.807, 2.05) is 6.20 Å². The smallest absolute Gasteiger partial charge is 0.124 e. The van der Waals surface area contributed by atoms with Crippen LogP contribution in [0.2, 0.25) is 5.02 Å². The van der Waals surface area contributed by atoms with Crippen molar-refractivity contribution in [2.45, 2.75) is 11.9 Å². The van der Waals surface area contributed by atoms with Crippen LogP contribution < -0.4 is 0 Å². The highest BCUT2D eigenvalue weighted by Gasteiger charge is 2.04. The van der Waals surface area contributed by atoms with Crippen molar-refractivity contribution < 1.29 is 4.39 Å². The monoisotopic (exact) mass is 303 g/mol. The summed E-state index contributed by atoms with van der Waals surface area (Å²) in [6, 6.07) is 4.32. The predicted octanol–water partition coefficient (Wildman–Crippen LogP) is 3.01. The largest absolute Gasteiger partial charge is 0.248 e. The summed E-state index contributed by atoms with van der Waals surface area (Å²) in [7, 11) is 0. The molecular weight excluding hydrogens is 296 g/mol. The van der Waals surface area contributed by atoms with Crippen molar-refractivity contribution in [3.63, 3.8) is 0 Å². The van der Waals surface area contributed by atoms with E-state index in [2.05, 4.69) is 26.2 Å². The van der Waals surface area contributed by atoms with E-state index < -0.39 is 0 Å². The van der Waals surface area contributed by atoms with Crippen molar-refractivity contribution >= 4 is 27.5 Å². The number of nitrogens with zero attached hydrogens (tertiary/aromatic N) is 3. The second-order valence-electron chi connectivity index (χ2n) is 3.28. The Morgan fingerprint density at radius 3 is 2.88 bits per heavy atom. The second-order valence-corrected chi connectivity index (χ2v) is 4.24. The van der Waals surface area contributed by atoms with Crippen molar-refractivity contribution in [3.8, 4) is 0 Å². The number of hydrogen-bond acceptors (Lipinski definition) is 2. The molecule has 0 aliphatic heterocycles. The van der Waals surface area contributed by atoms with E-state index >= 15 is 0 Å². The summed E-state index contributed by atoms with van der Waals surface area (Å²) >= 11 is 9.20. The molecule has 0 N–H and O–H groups in total. The van der Waals surface area contributed by atoms with Gasteiger partial charge < -0.3 is 0 Å². The third-order valence-electron chi connectivity index (χ3n) is 2.07. The molecule has 6 heteroatoms. The maximum absolute atomic E-state index is 12.8. The molecule has 1 aromatic carbocycles. The van der Waals surface area contributed by atoms with Crippen molar-refractivity contribution in [2.75, 3.05) is 0 Å². The number of halogens is 3. The van der Waals surface area contributed by atoms with Crippen LogP contribution in [0.1, 0.15) is 11.3 Å². The molecule has 0 saturated heterocycles. The summed E-state index contributed by atoms with van der Waals surface area (Å²) in [4.78, 5) is 0. The second kappa shape index (κ2) is 4.93. The van der Waals surface area contributed by atoms with Crippen LogP contribution in [-0.4, -0.2) is 15.0 Å². The summed E-state index contributed by atoms with van der Waals surface area (Å²) in [5, 5.41) is 8.91. The zero-order valence-electron chi connectivity index (χ0n) is 8.20. The molecule has 16 heavy (non-hydrogen) atoms. The number of rotatable bonds is 3. The van der Waals surface area contributed by atoms with E-state index in [4.69, 9.17) is 11.6 Å². The maximum atomic E-state index is 12.8. The van der Waals surface area contributed by atoms with Gasteiger partial charge in [-0.05, 0) is 17.7 Å². The highest BCUT2D eigenvalue weighted by Crippen LogP contribution is 2.18. The molecule has 0 unspecified atom stereocenters. The Balaban J connectivity index is 2.20. The number of benzene rings is 1. The van der Waals surface area contributed by atoms with E-state index in [0.29, 0.717) is 16.9 Å². The Kier molecular flexibility index (Phi) is 3.56. The zero-order chi connectivity index (χ0) is 11.5. The standard InChI is InChI=1S/C10H8BrClFN3/c11-4-9-6-16(15-14-9)5-7-1-2-8(13)3-10(7)12/h1-3,6H,4-5H2. The number of alkyl halides is 1. The molecule has 0 amide bonds. The normalized spacial score (nSPS) is 10.7. The van der Waals surface area contributed by atoms with Gasteiger partial charge in [-0.25, -0.2) is 9.07 Å². The van der Waals surface area contributed by atoms with E-state index in [1.54, 1.807) is 10.7 Å². The van der Waals surface area contributed by atoms with Crippen molar-refractivity contribution in [3.05, 3.63) is 46.5 Å². The average molecular weight is 305 g/mol. The van der Waals surface area contributed by atoms with Crippen molar-refractivity contribution in [1.29, 1.82) is 0 Å². The fourth-order valence-electron chi connectivity index (χ4n) is 1.30. The number of hydrogen-bond donors (Lipinski definition) is 0. The third kappa shape index (κ3) is 2.59. The molecule has 84 valence electrons. The van der Waals surface area contributed by atoms with Crippen LogP contribution in [0, 0.1) is 5.82 Å². The minimum absolute atomic E-state index is 0.339. The highest BCUT2D eigenvalue weighted by atomic mass is 79.9. The molecule has 0 aliphatic rings. The Morgan fingerprint density at radius 1 is 1.44 bits per heavy atom. The lowest BCUT2D eigenvalue weighted by atomic mass is 10.2. The van der Waals surface area contributed by atoms with E-state index in [-0.39, 0.29) is 5.82 Å². The van der Waals surface area contributed by atoms with Gasteiger partial charge >= 0.3 is 0 Å². The molecule has 0 saturated carbocycles. The lowest BCUT2D eigenvalue weighted by Gasteiger charge is -2.03. The van der Waals surface area contributed by atoms with Crippen molar-refractivity contribution in [2.24, 2.45) is 0 Å². The molecule has 2 rings (SSSR count). The van der Waals surface area contributed by atoms with Gasteiger partial charge in [0.15, 0.2) is 0 Å². The van der Waals surface area contributed by atoms with Crippen LogP contribution in [0.5, 0.6) is 0 Å². The molecule has 0 spiro atoms. The van der Waals surface area contributed by atoms with E-state index in [1.165, 1.54) is 12.1 Å². The number of aromatic nitrogens is 3. The van der Waals surface area contributed by atoms with Gasteiger partial charge in [-0.1, -0.05) is 38.8 Å². The van der Waals surface area contributed by atoms with Gasteiger partial charge in [-0.15, -0.1) is 5.10 Å². The van der Waals surface area contributed by atoms with Gasteiger partial charge in [0.05, 0.1) is 12.2 Å². The summed E-state index contributed by atoms with van der Waals surface area (Å²) < 4.78 is 14.5. The minimum Gasteiger partial charge on any atom is -0.248 e.